The first-order valence-electron chi connectivity index (χ1n) is 9.39. The van der Waals surface area contributed by atoms with Crippen molar-refractivity contribution in [3.05, 3.63) is 70.5 Å². The Balaban J connectivity index is 2.11. The third kappa shape index (κ3) is 4.44. The van der Waals surface area contributed by atoms with Crippen LogP contribution in [0.15, 0.2) is 64.5 Å². The third-order valence-corrected chi connectivity index (χ3v) is 5.42. The fourth-order valence-corrected chi connectivity index (χ4v) is 4.07. The van der Waals surface area contributed by atoms with Gasteiger partial charge in [-0.25, -0.2) is 4.98 Å². The van der Waals surface area contributed by atoms with E-state index >= 15 is 0 Å². The van der Waals surface area contributed by atoms with Crippen LogP contribution in [0.2, 0.25) is 0 Å². The van der Waals surface area contributed by atoms with Crippen molar-refractivity contribution in [1.82, 2.24) is 9.55 Å². The van der Waals surface area contributed by atoms with Crippen LogP contribution in [-0.2, 0) is 16.1 Å². The Hall–Kier alpha value is -2.60. The Labute approximate surface area is 168 Å². The van der Waals surface area contributed by atoms with Gasteiger partial charge in [0, 0.05) is 6.54 Å². The second-order valence-electron chi connectivity index (χ2n) is 6.88. The van der Waals surface area contributed by atoms with Crippen LogP contribution >= 0.6 is 11.8 Å². The molecule has 3 aromatic rings. The van der Waals surface area contributed by atoms with Crippen molar-refractivity contribution < 1.29 is 9.53 Å². The molecule has 2 aromatic carbocycles. The molecular weight excluding hydrogens is 372 g/mol. The summed E-state index contributed by atoms with van der Waals surface area (Å²) in [5, 5.41) is 0.520. The van der Waals surface area contributed by atoms with Gasteiger partial charge in [0.1, 0.15) is 5.25 Å². The minimum absolute atomic E-state index is 0.0857. The van der Waals surface area contributed by atoms with Gasteiger partial charge in [-0.05, 0) is 30.5 Å². The first-order chi connectivity index (χ1) is 13.5. The Morgan fingerprint density at radius 1 is 1.11 bits per heavy atom. The van der Waals surface area contributed by atoms with Gasteiger partial charge in [-0.15, -0.1) is 0 Å². The highest BCUT2D eigenvalue weighted by Crippen LogP contribution is 2.35. The van der Waals surface area contributed by atoms with Crippen molar-refractivity contribution in [3.63, 3.8) is 0 Å². The summed E-state index contributed by atoms with van der Waals surface area (Å²) in [5.74, 6) is -0.0741. The molecule has 0 saturated heterocycles. The molecule has 0 unspecified atom stereocenters. The van der Waals surface area contributed by atoms with Crippen molar-refractivity contribution >= 4 is 28.6 Å². The van der Waals surface area contributed by atoms with Gasteiger partial charge in [-0.1, -0.05) is 68.1 Å². The number of thioether (sulfide) groups is 1. The molecule has 146 valence electrons. The van der Waals surface area contributed by atoms with E-state index in [-0.39, 0.29) is 17.4 Å². The number of carbonyl (C=O) groups excluding carboxylic acids is 1. The van der Waals surface area contributed by atoms with Gasteiger partial charge in [0.05, 0.1) is 17.5 Å². The molecule has 0 aliphatic heterocycles. The van der Waals surface area contributed by atoms with Crippen LogP contribution in [0.5, 0.6) is 0 Å². The Morgan fingerprint density at radius 2 is 1.79 bits per heavy atom. The third-order valence-electron chi connectivity index (χ3n) is 4.20. The number of esters is 1. The number of aromatic nitrogens is 2. The average Bonchev–Trinajstić information content (AvgIpc) is 2.69. The smallest absolute Gasteiger partial charge is 0.324 e. The van der Waals surface area contributed by atoms with Crippen molar-refractivity contribution in [3.8, 4) is 0 Å². The maximum absolute atomic E-state index is 13.1. The number of hydrogen-bond donors (Lipinski definition) is 0. The average molecular weight is 397 g/mol. The van der Waals surface area contributed by atoms with E-state index in [1.54, 1.807) is 17.6 Å². The van der Waals surface area contributed by atoms with Crippen molar-refractivity contribution in [2.24, 2.45) is 5.92 Å². The second-order valence-corrected chi connectivity index (χ2v) is 7.95. The van der Waals surface area contributed by atoms with Gasteiger partial charge < -0.3 is 4.74 Å². The summed E-state index contributed by atoms with van der Waals surface area (Å²) >= 11 is 1.26. The molecular formula is C22H24N2O3S. The molecule has 0 bridgehead atoms. The lowest BCUT2D eigenvalue weighted by Gasteiger charge is -2.19. The largest absolute Gasteiger partial charge is 0.465 e. The number of rotatable bonds is 7. The Bertz CT molecular complexity index is 1020. The molecule has 6 heteroatoms. The number of fused-ring (bicyclic) bond motifs is 1. The quantitative estimate of drug-likeness (QED) is 0.335. The number of carbonyl (C=O) groups is 1. The molecule has 0 aliphatic carbocycles. The number of benzene rings is 2. The molecule has 3 rings (SSSR count). The molecule has 0 amide bonds. The van der Waals surface area contributed by atoms with Gasteiger partial charge in [0.15, 0.2) is 5.16 Å². The topological polar surface area (TPSA) is 61.2 Å². The highest BCUT2D eigenvalue weighted by Gasteiger charge is 2.26. The Kier molecular flexibility index (Phi) is 6.52. The van der Waals surface area contributed by atoms with E-state index in [9.17, 15) is 9.59 Å². The zero-order valence-electron chi connectivity index (χ0n) is 16.3. The monoisotopic (exact) mass is 396 g/mol. The second kappa shape index (κ2) is 9.06. The Morgan fingerprint density at radius 3 is 2.46 bits per heavy atom. The zero-order valence-corrected chi connectivity index (χ0v) is 17.1. The maximum atomic E-state index is 13.1. The summed E-state index contributed by atoms with van der Waals surface area (Å²) < 4.78 is 6.97. The number of nitrogens with zero attached hydrogens (tertiary/aromatic N) is 2. The molecule has 1 aromatic heterocycles. The molecule has 1 heterocycles. The minimum atomic E-state index is -0.590. The fraction of sp³-hybridized carbons (Fsp3) is 0.318. The summed E-state index contributed by atoms with van der Waals surface area (Å²) in [6.07, 6.45) is 0. The lowest BCUT2D eigenvalue weighted by Crippen LogP contribution is -2.26. The van der Waals surface area contributed by atoms with E-state index in [0.717, 1.165) is 5.56 Å². The van der Waals surface area contributed by atoms with Crippen LogP contribution in [0.3, 0.4) is 0 Å². The van der Waals surface area contributed by atoms with E-state index in [4.69, 9.17) is 9.72 Å². The van der Waals surface area contributed by atoms with E-state index in [2.05, 4.69) is 13.8 Å². The van der Waals surface area contributed by atoms with Crippen LogP contribution in [0.1, 0.15) is 31.6 Å². The van der Waals surface area contributed by atoms with E-state index in [1.807, 2.05) is 48.5 Å². The normalized spacial score (nSPS) is 12.3. The summed E-state index contributed by atoms with van der Waals surface area (Å²) in [4.78, 5) is 30.5. The predicted octanol–water partition coefficient (Wildman–Crippen LogP) is 4.45. The molecule has 0 aliphatic rings. The van der Waals surface area contributed by atoms with E-state index in [1.165, 1.54) is 11.8 Å². The lowest BCUT2D eigenvalue weighted by atomic mass is 10.1. The highest BCUT2D eigenvalue weighted by atomic mass is 32.2. The molecule has 0 saturated carbocycles. The van der Waals surface area contributed by atoms with Crippen LogP contribution < -0.4 is 5.56 Å². The first-order valence-corrected chi connectivity index (χ1v) is 10.3. The van der Waals surface area contributed by atoms with Crippen molar-refractivity contribution in [1.29, 1.82) is 0 Å². The zero-order chi connectivity index (χ0) is 20.1. The number of ether oxygens (including phenoxy) is 1. The van der Waals surface area contributed by atoms with E-state index < -0.39 is 5.25 Å². The first kappa shape index (κ1) is 20.1. The molecule has 28 heavy (non-hydrogen) atoms. The standard InChI is InChI=1S/C22H24N2O3S/c1-4-27-21(26)19(16-10-6-5-7-11-16)28-22-23-18-13-9-8-12-17(18)20(25)24(22)14-15(2)3/h5-13,15,19H,4,14H2,1-3H3/t19-/m0/s1. The fourth-order valence-electron chi connectivity index (χ4n) is 2.97. The molecule has 0 fully saturated rings. The predicted molar refractivity (Wildman–Crippen MR) is 113 cm³/mol. The number of para-hydroxylation sites is 1. The van der Waals surface area contributed by atoms with Gasteiger partial charge in [0.25, 0.3) is 5.56 Å². The van der Waals surface area contributed by atoms with Crippen molar-refractivity contribution in [2.75, 3.05) is 6.61 Å². The summed E-state index contributed by atoms with van der Waals surface area (Å²) in [7, 11) is 0. The summed E-state index contributed by atoms with van der Waals surface area (Å²) in [5.41, 5.74) is 1.37. The molecule has 0 radical (unpaired) electrons. The number of hydrogen-bond acceptors (Lipinski definition) is 5. The van der Waals surface area contributed by atoms with Crippen LogP contribution in [0, 0.1) is 5.92 Å². The van der Waals surface area contributed by atoms with Gasteiger partial charge in [0.2, 0.25) is 0 Å². The summed E-state index contributed by atoms with van der Waals surface area (Å²) in [6, 6.07) is 16.8. The highest BCUT2D eigenvalue weighted by molar-refractivity contribution is 8.00. The summed E-state index contributed by atoms with van der Waals surface area (Å²) in [6.45, 7) is 6.72. The minimum Gasteiger partial charge on any atom is -0.465 e. The van der Waals surface area contributed by atoms with Crippen LogP contribution in [-0.4, -0.2) is 22.1 Å². The van der Waals surface area contributed by atoms with E-state index in [0.29, 0.717) is 29.2 Å². The lowest BCUT2D eigenvalue weighted by molar-refractivity contribution is -0.142. The molecule has 5 nitrogen and oxygen atoms in total. The molecule has 0 N–H and O–H groups in total. The van der Waals surface area contributed by atoms with Gasteiger partial charge in [-0.3, -0.25) is 14.2 Å². The molecule has 1 atom stereocenters. The van der Waals surface area contributed by atoms with Gasteiger partial charge >= 0.3 is 5.97 Å². The van der Waals surface area contributed by atoms with Crippen molar-refractivity contribution in [2.45, 2.75) is 37.7 Å². The van der Waals surface area contributed by atoms with Crippen LogP contribution in [0.4, 0.5) is 0 Å². The maximum Gasteiger partial charge on any atom is 0.324 e. The van der Waals surface area contributed by atoms with Gasteiger partial charge in [-0.2, -0.15) is 0 Å². The molecule has 0 spiro atoms. The van der Waals surface area contributed by atoms with Crippen LogP contribution in [0.25, 0.3) is 10.9 Å². The SMILES string of the molecule is CCOC(=O)[C@@H](Sc1nc2ccccc2c(=O)n1CC(C)C)c1ccccc1.